The van der Waals surface area contributed by atoms with E-state index in [0.29, 0.717) is 38.1 Å². The van der Waals surface area contributed by atoms with Crippen molar-refractivity contribution in [1.82, 2.24) is 5.32 Å². The van der Waals surface area contributed by atoms with E-state index in [0.717, 1.165) is 56.2 Å². The van der Waals surface area contributed by atoms with Crippen LogP contribution in [0.15, 0.2) is 60.7 Å². The number of rotatable bonds is 9. The molecular weight excluding hydrogens is 671 g/mol. The normalized spacial score (nSPS) is 27.5. The number of ether oxygens (including phenoxy) is 1. The van der Waals surface area contributed by atoms with Gasteiger partial charge in [0.1, 0.15) is 19.2 Å². The smallest absolute Gasteiger partial charge is 0.407 e. The molecule has 0 bridgehead atoms. The molecule has 2 aromatic carbocycles. The molecule has 1 saturated heterocycles. The van der Waals surface area contributed by atoms with Crippen molar-refractivity contribution >= 4 is 6.09 Å². The Labute approximate surface area is 280 Å². The van der Waals surface area contributed by atoms with Crippen LogP contribution in [0.1, 0.15) is 89.7 Å². The molecule has 0 unspecified atom stereocenters. The fraction of sp³-hybridized carbons (Fsp3) is 0.629. The standard InChI is InChI=1S/C35H50N2O6.HI/c1-33(2,3)30-16-20-34(21-17-30)40-42-35(43-41-34)22-18-31(19-23-35)39-32(38)36-24-11-25-37(4,26-28-12-7-5-8-13-28)27-29-14-9-6-10-15-29;/h5-10,12-15,30-31H,11,16-27H2,1-4H3;1H. The van der Waals surface area contributed by atoms with Crippen LogP contribution in [-0.2, 0) is 37.4 Å². The molecule has 3 fully saturated rings. The lowest BCUT2D eigenvalue weighted by Gasteiger charge is -2.48. The van der Waals surface area contributed by atoms with Crippen LogP contribution in [-0.4, -0.2) is 48.4 Å². The first-order valence-corrected chi connectivity index (χ1v) is 16.2. The Morgan fingerprint density at radius 1 is 0.818 bits per heavy atom. The van der Waals surface area contributed by atoms with Crippen LogP contribution in [0, 0.1) is 11.3 Å². The summed E-state index contributed by atoms with van der Waals surface area (Å²) in [5, 5.41) is 2.97. The van der Waals surface area contributed by atoms with Crippen molar-refractivity contribution in [3.63, 3.8) is 0 Å². The first kappa shape index (κ1) is 35.1. The number of amides is 1. The van der Waals surface area contributed by atoms with Crippen LogP contribution in [0.2, 0.25) is 0 Å². The van der Waals surface area contributed by atoms with Crippen molar-refractivity contribution in [2.24, 2.45) is 11.3 Å². The molecule has 1 heterocycles. The Hall–Kier alpha value is -1.76. The number of alkyl carbamates (subject to hydrolysis) is 1. The molecule has 0 radical (unpaired) electrons. The molecule has 0 aromatic heterocycles. The summed E-state index contributed by atoms with van der Waals surface area (Å²) in [6.07, 6.45) is 6.20. The van der Waals surface area contributed by atoms with E-state index in [4.69, 9.17) is 24.3 Å². The van der Waals surface area contributed by atoms with Crippen LogP contribution < -0.4 is 29.3 Å². The van der Waals surface area contributed by atoms with Crippen molar-refractivity contribution in [1.29, 1.82) is 0 Å². The number of carbonyl (C=O) groups is 1. The molecule has 244 valence electrons. The lowest BCUT2D eigenvalue weighted by Crippen LogP contribution is -3.00. The van der Waals surface area contributed by atoms with Gasteiger partial charge in [0.25, 0.3) is 0 Å². The highest BCUT2D eigenvalue weighted by molar-refractivity contribution is 5.67. The molecule has 2 saturated carbocycles. The van der Waals surface area contributed by atoms with E-state index in [1.807, 2.05) is 0 Å². The summed E-state index contributed by atoms with van der Waals surface area (Å²) in [6, 6.07) is 21.2. The second-order valence-electron chi connectivity index (χ2n) is 14.3. The highest BCUT2D eigenvalue weighted by atomic mass is 127. The maximum atomic E-state index is 12.6. The van der Waals surface area contributed by atoms with Gasteiger partial charge in [0.2, 0.25) is 11.6 Å². The number of nitrogens with zero attached hydrogens (tertiary/aromatic N) is 1. The van der Waals surface area contributed by atoms with Crippen molar-refractivity contribution in [3.8, 4) is 0 Å². The Morgan fingerprint density at radius 3 is 1.73 bits per heavy atom. The van der Waals surface area contributed by atoms with E-state index < -0.39 is 11.6 Å². The number of benzene rings is 2. The molecule has 5 rings (SSSR count). The molecule has 2 aromatic rings. The summed E-state index contributed by atoms with van der Waals surface area (Å²) in [6.45, 7) is 10.2. The van der Waals surface area contributed by atoms with Gasteiger partial charge in [-0.25, -0.2) is 4.79 Å². The summed E-state index contributed by atoms with van der Waals surface area (Å²) in [7, 11) is 2.29. The van der Waals surface area contributed by atoms with Gasteiger partial charge in [-0.3, -0.25) is 0 Å². The van der Waals surface area contributed by atoms with Gasteiger partial charge in [-0.1, -0.05) is 81.4 Å². The van der Waals surface area contributed by atoms with Crippen LogP contribution in [0.25, 0.3) is 0 Å². The van der Waals surface area contributed by atoms with Gasteiger partial charge < -0.3 is 38.5 Å². The van der Waals surface area contributed by atoms with Gasteiger partial charge in [0, 0.05) is 49.8 Å². The third-order valence-corrected chi connectivity index (χ3v) is 9.59. The zero-order valence-electron chi connectivity index (χ0n) is 26.9. The minimum Gasteiger partial charge on any atom is -1.00 e. The second kappa shape index (κ2) is 15.2. The minimum absolute atomic E-state index is 0. The van der Waals surface area contributed by atoms with Crippen LogP contribution in [0.3, 0.4) is 0 Å². The summed E-state index contributed by atoms with van der Waals surface area (Å²) in [5.41, 5.74) is 2.90. The van der Waals surface area contributed by atoms with Gasteiger partial charge in [0.05, 0.1) is 13.6 Å². The molecule has 9 heteroatoms. The molecule has 1 N–H and O–H groups in total. The van der Waals surface area contributed by atoms with E-state index in [1.54, 1.807) is 0 Å². The largest absolute Gasteiger partial charge is 1.00 e. The number of carbonyl (C=O) groups excluding carboxylic acids is 1. The quantitative estimate of drug-likeness (QED) is 0.179. The number of nitrogens with one attached hydrogen (secondary N) is 1. The highest BCUT2D eigenvalue weighted by Crippen LogP contribution is 2.48. The molecule has 44 heavy (non-hydrogen) atoms. The van der Waals surface area contributed by atoms with E-state index in [2.05, 4.69) is 93.8 Å². The average Bonchev–Trinajstić information content (AvgIpc) is 2.99. The Bertz CT molecular complexity index is 1110. The Balaban J connectivity index is 0.00000442. The van der Waals surface area contributed by atoms with Gasteiger partial charge in [-0.2, -0.15) is 19.6 Å². The lowest BCUT2D eigenvalue weighted by molar-refractivity contribution is -0.935. The SMILES string of the molecule is CC(C)(C)C1CCC2(CC1)OOC1(CCC(OC(=O)NCCC[N+](C)(Cc3ccccc3)Cc3ccccc3)CC1)OO2.[I-]. The predicted octanol–water partition coefficient (Wildman–Crippen LogP) is 4.44. The number of quaternary nitrogens is 1. The van der Waals surface area contributed by atoms with E-state index in [9.17, 15) is 4.79 Å². The molecule has 1 aliphatic heterocycles. The molecule has 3 aliphatic rings. The predicted molar refractivity (Wildman–Crippen MR) is 164 cm³/mol. The highest BCUT2D eigenvalue weighted by Gasteiger charge is 2.52. The zero-order valence-corrected chi connectivity index (χ0v) is 29.1. The second-order valence-corrected chi connectivity index (χ2v) is 14.3. The molecule has 1 amide bonds. The van der Waals surface area contributed by atoms with Crippen LogP contribution in [0.5, 0.6) is 0 Å². The molecule has 8 nitrogen and oxygen atoms in total. The van der Waals surface area contributed by atoms with Gasteiger partial charge in [-0.05, 0) is 37.0 Å². The Kier molecular flexibility index (Phi) is 12.1. The first-order valence-electron chi connectivity index (χ1n) is 16.2. The number of halogens is 1. The maximum Gasteiger partial charge on any atom is 0.407 e. The van der Waals surface area contributed by atoms with Crippen molar-refractivity contribution < 1.29 is 57.5 Å². The molecule has 2 aliphatic carbocycles. The summed E-state index contributed by atoms with van der Waals surface area (Å²) in [4.78, 5) is 36.1. The third-order valence-electron chi connectivity index (χ3n) is 9.59. The maximum absolute atomic E-state index is 12.6. The Morgan fingerprint density at radius 2 is 1.27 bits per heavy atom. The zero-order chi connectivity index (χ0) is 30.4. The van der Waals surface area contributed by atoms with E-state index >= 15 is 0 Å². The first-order chi connectivity index (χ1) is 20.6. The molecular formula is C35H51IN2O6. The fourth-order valence-electron chi connectivity index (χ4n) is 6.84. The monoisotopic (exact) mass is 722 g/mol. The average molecular weight is 723 g/mol. The van der Waals surface area contributed by atoms with E-state index in [1.165, 1.54) is 11.1 Å². The number of hydrogen-bond donors (Lipinski definition) is 1. The minimum atomic E-state index is -0.928. The van der Waals surface area contributed by atoms with Crippen molar-refractivity contribution in [3.05, 3.63) is 71.8 Å². The van der Waals surface area contributed by atoms with E-state index in [-0.39, 0.29) is 41.6 Å². The van der Waals surface area contributed by atoms with Gasteiger partial charge in [0.15, 0.2) is 0 Å². The number of hydrogen-bond acceptors (Lipinski definition) is 6. The van der Waals surface area contributed by atoms with Crippen LogP contribution in [0.4, 0.5) is 4.79 Å². The summed E-state index contributed by atoms with van der Waals surface area (Å²) in [5.74, 6) is -1.10. The topological polar surface area (TPSA) is 75.3 Å². The fourth-order valence-corrected chi connectivity index (χ4v) is 6.84. The molecule has 2 spiro atoms. The lowest BCUT2D eigenvalue weighted by atomic mass is 9.71. The van der Waals surface area contributed by atoms with Gasteiger partial charge >= 0.3 is 6.09 Å². The van der Waals surface area contributed by atoms with Crippen LogP contribution >= 0.6 is 0 Å². The van der Waals surface area contributed by atoms with Gasteiger partial charge in [-0.15, -0.1) is 0 Å². The third kappa shape index (κ3) is 9.62. The summed E-state index contributed by atoms with van der Waals surface area (Å²) < 4.78 is 6.61. The molecule has 0 atom stereocenters. The summed E-state index contributed by atoms with van der Waals surface area (Å²) >= 11 is 0. The van der Waals surface area contributed by atoms with Crippen molar-refractivity contribution in [2.75, 3.05) is 20.1 Å². The van der Waals surface area contributed by atoms with Crippen molar-refractivity contribution in [2.45, 2.75) is 109 Å².